The van der Waals surface area contributed by atoms with E-state index in [1.165, 1.54) is 6.42 Å². The predicted octanol–water partition coefficient (Wildman–Crippen LogP) is 2.10. The Bertz CT molecular complexity index is 427. The molecule has 100 valence electrons. The van der Waals surface area contributed by atoms with E-state index < -0.39 is 6.04 Å². The van der Waals surface area contributed by atoms with Gasteiger partial charge in [0.2, 0.25) is 5.91 Å². The van der Waals surface area contributed by atoms with E-state index in [0.717, 1.165) is 17.4 Å². The summed E-state index contributed by atoms with van der Waals surface area (Å²) in [5.41, 5.74) is 5.73. The zero-order valence-electron chi connectivity index (χ0n) is 11.3. The maximum atomic E-state index is 11.8. The quantitative estimate of drug-likeness (QED) is 0.870. The van der Waals surface area contributed by atoms with E-state index in [1.807, 2.05) is 19.1 Å². The number of carbonyl (C=O) groups is 1. The van der Waals surface area contributed by atoms with Gasteiger partial charge in [0.1, 0.15) is 11.5 Å². The first-order valence-electron chi connectivity index (χ1n) is 6.62. The maximum Gasteiger partial charge on any atom is 0.239 e. The van der Waals surface area contributed by atoms with Crippen molar-refractivity contribution < 1.29 is 9.21 Å². The van der Waals surface area contributed by atoms with Crippen molar-refractivity contribution in [3.05, 3.63) is 23.7 Å². The minimum Gasteiger partial charge on any atom is -0.464 e. The Morgan fingerprint density at radius 2 is 2.28 bits per heavy atom. The summed E-state index contributed by atoms with van der Waals surface area (Å²) in [6.07, 6.45) is 1.87. The number of nitrogens with zero attached hydrogens (tertiary/aromatic N) is 1. The van der Waals surface area contributed by atoms with Gasteiger partial charge in [-0.2, -0.15) is 0 Å². The van der Waals surface area contributed by atoms with Gasteiger partial charge >= 0.3 is 0 Å². The molecule has 0 saturated heterocycles. The summed E-state index contributed by atoms with van der Waals surface area (Å²) >= 11 is 0. The van der Waals surface area contributed by atoms with Crippen molar-refractivity contribution in [2.24, 2.45) is 11.7 Å². The Labute approximate surface area is 108 Å². The van der Waals surface area contributed by atoms with E-state index in [-0.39, 0.29) is 5.91 Å². The van der Waals surface area contributed by atoms with Crippen LogP contribution in [0.15, 0.2) is 16.5 Å². The fourth-order valence-electron chi connectivity index (χ4n) is 2.17. The highest BCUT2D eigenvalue weighted by Gasteiger charge is 2.36. The Kier molecular flexibility index (Phi) is 3.76. The first-order chi connectivity index (χ1) is 8.52. The van der Waals surface area contributed by atoms with Gasteiger partial charge in [0.05, 0.1) is 12.6 Å². The minimum atomic E-state index is -0.409. The normalized spacial score (nSPS) is 23.8. The van der Waals surface area contributed by atoms with E-state index in [1.54, 1.807) is 11.9 Å². The van der Waals surface area contributed by atoms with Crippen LogP contribution in [0, 0.1) is 5.92 Å². The second-order valence-corrected chi connectivity index (χ2v) is 5.33. The Morgan fingerprint density at radius 3 is 2.83 bits per heavy atom. The summed E-state index contributed by atoms with van der Waals surface area (Å²) in [7, 11) is 1.76. The van der Waals surface area contributed by atoms with Gasteiger partial charge in [0.25, 0.3) is 0 Å². The number of hydrogen-bond acceptors (Lipinski definition) is 3. The highest BCUT2D eigenvalue weighted by Crippen LogP contribution is 2.47. The molecule has 1 amide bonds. The van der Waals surface area contributed by atoms with Crippen LogP contribution in [0.25, 0.3) is 0 Å². The SMILES string of the molecule is CC[C@H](N)C(=O)N(C)Cc1ccc(C2CC2C)o1. The van der Waals surface area contributed by atoms with Gasteiger partial charge in [-0.25, -0.2) is 0 Å². The molecule has 2 unspecified atom stereocenters. The monoisotopic (exact) mass is 250 g/mol. The molecule has 18 heavy (non-hydrogen) atoms. The molecule has 0 bridgehead atoms. The zero-order valence-corrected chi connectivity index (χ0v) is 11.3. The van der Waals surface area contributed by atoms with E-state index in [0.29, 0.717) is 18.9 Å². The summed E-state index contributed by atoms with van der Waals surface area (Å²) in [6.45, 7) is 4.63. The van der Waals surface area contributed by atoms with E-state index in [4.69, 9.17) is 10.2 Å². The van der Waals surface area contributed by atoms with Crippen LogP contribution in [0.4, 0.5) is 0 Å². The van der Waals surface area contributed by atoms with Crippen LogP contribution in [-0.4, -0.2) is 23.9 Å². The third-order valence-electron chi connectivity index (χ3n) is 3.68. The molecule has 1 fully saturated rings. The molecular weight excluding hydrogens is 228 g/mol. The summed E-state index contributed by atoms with van der Waals surface area (Å²) in [6, 6.07) is 3.58. The van der Waals surface area contributed by atoms with Crippen molar-refractivity contribution in [3.63, 3.8) is 0 Å². The van der Waals surface area contributed by atoms with Crippen LogP contribution in [0.2, 0.25) is 0 Å². The van der Waals surface area contributed by atoms with Gasteiger partial charge in [-0.15, -0.1) is 0 Å². The first-order valence-corrected chi connectivity index (χ1v) is 6.62. The lowest BCUT2D eigenvalue weighted by Crippen LogP contribution is -2.40. The molecule has 1 saturated carbocycles. The van der Waals surface area contributed by atoms with Crippen molar-refractivity contribution >= 4 is 5.91 Å². The average Bonchev–Trinajstić information content (AvgIpc) is 2.90. The third kappa shape index (κ3) is 2.75. The van der Waals surface area contributed by atoms with Crippen LogP contribution in [0.1, 0.15) is 44.1 Å². The van der Waals surface area contributed by atoms with Crippen molar-refractivity contribution in [2.45, 2.75) is 45.2 Å². The van der Waals surface area contributed by atoms with Crippen molar-refractivity contribution in [1.29, 1.82) is 0 Å². The van der Waals surface area contributed by atoms with Crippen molar-refractivity contribution in [2.75, 3.05) is 7.05 Å². The molecule has 0 spiro atoms. The molecule has 4 nitrogen and oxygen atoms in total. The summed E-state index contributed by atoms with van der Waals surface area (Å²) in [5.74, 6) is 3.17. The first kappa shape index (κ1) is 13.1. The zero-order chi connectivity index (χ0) is 13.3. The van der Waals surface area contributed by atoms with Gasteiger partial charge in [-0.05, 0) is 30.9 Å². The maximum absolute atomic E-state index is 11.8. The van der Waals surface area contributed by atoms with E-state index >= 15 is 0 Å². The Hall–Kier alpha value is -1.29. The van der Waals surface area contributed by atoms with Crippen LogP contribution in [-0.2, 0) is 11.3 Å². The number of carbonyl (C=O) groups excluding carboxylic acids is 1. The number of amides is 1. The summed E-state index contributed by atoms with van der Waals surface area (Å²) in [4.78, 5) is 13.5. The highest BCUT2D eigenvalue weighted by atomic mass is 16.3. The van der Waals surface area contributed by atoms with E-state index in [2.05, 4.69) is 6.92 Å². The molecule has 1 aromatic heterocycles. The number of hydrogen-bond donors (Lipinski definition) is 1. The van der Waals surface area contributed by atoms with E-state index in [9.17, 15) is 4.79 Å². The molecule has 1 aliphatic rings. The molecule has 1 aromatic rings. The molecule has 0 aromatic carbocycles. The molecule has 4 heteroatoms. The molecule has 2 rings (SSSR count). The van der Waals surface area contributed by atoms with Crippen LogP contribution in [0.3, 0.4) is 0 Å². The molecule has 0 radical (unpaired) electrons. The van der Waals surface area contributed by atoms with Crippen LogP contribution < -0.4 is 5.73 Å². The molecule has 1 aliphatic carbocycles. The number of likely N-dealkylation sites (N-methyl/N-ethyl adjacent to an activating group) is 1. The molecule has 1 heterocycles. The Morgan fingerprint density at radius 1 is 1.61 bits per heavy atom. The van der Waals surface area contributed by atoms with Gasteiger partial charge in [0.15, 0.2) is 0 Å². The largest absolute Gasteiger partial charge is 0.464 e. The second kappa shape index (κ2) is 5.14. The van der Waals surface area contributed by atoms with Gasteiger partial charge in [0, 0.05) is 13.0 Å². The van der Waals surface area contributed by atoms with Crippen molar-refractivity contribution in [3.8, 4) is 0 Å². The van der Waals surface area contributed by atoms with Gasteiger partial charge in [-0.1, -0.05) is 13.8 Å². The standard InChI is InChI=1S/C14H22N2O2/c1-4-12(15)14(17)16(3)8-10-5-6-13(18-10)11-7-9(11)2/h5-6,9,11-12H,4,7-8,15H2,1-3H3/t9?,11?,12-/m0/s1. The molecule has 2 N–H and O–H groups in total. The number of furan rings is 1. The molecule has 0 aliphatic heterocycles. The lowest BCUT2D eigenvalue weighted by molar-refractivity contribution is -0.132. The van der Waals surface area contributed by atoms with Crippen molar-refractivity contribution in [1.82, 2.24) is 4.90 Å². The average molecular weight is 250 g/mol. The molecule has 3 atom stereocenters. The number of rotatable bonds is 5. The second-order valence-electron chi connectivity index (χ2n) is 5.33. The third-order valence-corrected chi connectivity index (χ3v) is 3.68. The smallest absolute Gasteiger partial charge is 0.239 e. The topological polar surface area (TPSA) is 59.5 Å². The van der Waals surface area contributed by atoms with Crippen LogP contribution in [0.5, 0.6) is 0 Å². The predicted molar refractivity (Wildman–Crippen MR) is 70.0 cm³/mol. The van der Waals surface area contributed by atoms with Gasteiger partial charge < -0.3 is 15.1 Å². The lowest BCUT2D eigenvalue weighted by Gasteiger charge is -2.19. The summed E-state index contributed by atoms with van der Waals surface area (Å²) < 4.78 is 5.78. The fraction of sp³-hybridized carbons (Fsp3) is 0.643. The van der Waals surface area contributed by atoms with Gasteiger partial charge in [-0.3, -0.25) is 4.79 Å². The lowest BCUT2D eigenvalue weighted by atomic mass is 10.2. The fourth-order valence-corrected chi connectivity index (χ4v) is 2.17. The minimum absolute atomic E-state index is 0.0322. The van der Waals surface area contributed by atoms with Crippen LogP contribution >= 0.6 is 0 Å². The highest BCUT2D eigenvalue weighted by molar-refractivity contribution is 5.81. The molecular formula is C14H22N2O2. The Balaban J connectivity index is 1.92. The number of nitrogens with two attached hydrogens (primary N) is 1. The summed E-state index contributed by atoms with van der Waals surface area (Å²) in [5, 5.41) is 0.